The van der Waals surface area contributed by atoms with Gasteiger partial charge in [-0.05, 0) is 45.1 Å². The standard InChI is InChI=1S/C17H21N3O3/c1-18-9-7-12(8-10-18)19(2)15(21)11-20-16(22)13-5-3-4-6-14(13)17(20)23/h3-6,12H,7-11H2,1-2H3. The second-order valence-electron chi connectivity index (χ2n) is 6.28. The van der Waals surface area contributed by atoms with E-state index < -0.39 is 0 Å². The molecule has 6 nitrogen and oxygen atoms in total. The van der Waals surface area contributed by atoms with E-state index in [2.05, 4.69) is 11.9 Å². The topological polar surface area (TPSA) is 60.9 Å². The van der Waals surface area contributed by atoms with Gasteiger partial charge in [-0.3, -0.25) is 19.3 Å². The average Bonchev–Trinajstić information content (AvgIpc) is 2.80. The molecule has 122 valence electrons. The van der Waals surface area contributed by atoms with Gasteiger partial charge in [0.15, 0.2) is 0 Å². The van der Waals surface area contributed by atoms with Crippen LogP contribution in [-0.4, -0.2) is 72.2 Å². The number of benzene rings is 1. The van der Waals surface area contributed by atoms with E-state index in [0.29, 0.717) is 11.1 Å². The van der Waals surface area contributed by atoms with Gasteiger partial charge in [0.2, 0.25) is 5.91 Å². The van der Waals surface area contributed by atoms with Crippen molar-refractivity contribution >= 4 is 17.7 Å². The predicted octanol–water partition coefficient (Wildman–Crippen LogP) is 0.835. The number of nitrogens with zero attached hydrogens (tertiary/aromatic N) is 3. The Morgan fingerprint density at radius 2 is 1.65 bits per heavy atom. The maximum Gasteiger partial charge on any atom is 0.262 e. The molecule has 3 amide bonds. The molecule has 0 saturated carbocycles. The number of hydrogen-bond donors (Lipinski definition) is 0. The van der Waals surface area contributed by atoms with Crippen LogP contribution in [0.15, 0.2) is 24.3 Å². The molecule has 0 aliphatic carbocycles. The monoisotopic (exact) mass is 315 g/mol. The smallest absolute Gasteiger partial charge is 0.262 e. The molecule has 1 aromatic rings. The molecule has 0 N–H and O–H groups in total. The van der Waals surface area contributed by atoms with Gasteiger partial charge in [0.05, 0.1) is 11.1 Å². The van der Waals surface area contributed by atoms with E-state index in [0.717, 1.165) is 30.8 Å². The molecule has 3 rings (SSSR count). The quantitative estimate of drug-likeness (QED) is 0.776. The number of fused-ring (bicyclic) bond motifs is 1. The van der Waals surface area contributed by atoms with E-state index in [-0.39, 0.29) is 30.3 Å². The Morgan fingerprint density at radius 3 is 2.17 bits per heavy atom. The van der Waals surface area contributed by atoms with E-state index in [4.69, 9.17) is 0 Å². The normalized spacial score (nSPS) is 19.1. The summed E-state index contributed by atoms with van der Waals surface area (Å²) in [4.78, 5) is 42.1. The Morgan fingerprint density at radius 1 is 1.13 bits per heavy atom. The van der Waals surface area contributed by atoms with Gasteiger partial charge in [-0.15, -0.1) is 0 Å². The van der Waals surface area contributed by atoms with Crippen LogP contribution >= 0.6 is 0 Å². The molecular weight excluding hydrogens is 294 g/mol. The number of carbonyl (C=O) groups excluding carboxylic acids is 3. The predicted molar refractivity (Wildman–Crippen MR) is 85.1 cm³/mol. The van der Waals surface area contributed by atoms with Crippen molar-refractivity contribution in [1.82, 2.24) is 14.7 Å². The minimum atomic E-state index is -0.379. The zero-order valence-corrected chi connectivity index (χ0v) is 13.5. The molecule has 0 aromatic heterocycles. The van der Waals surface area contributed by atoms with Gasteiger partial charge in [-0.2, -0.15) is 0 Å². The van der Waals surface area contributed by atoms with E-state index in [1.165, 1.54) is 0 Å². The first-order valence-electron chi connectivity index (χ1n) is 7.88. The lowest BCUT2D eigenvalue weighted by molar-refractivity contribution is -0.133. The molecule has 6 heteroatoms. The minimum Gasteiger partial charge on any atom is -0.341 e. The zero-order valence-electron chi connectivity index (χ0n) is 13.5. The fraction of sp³-hybridized carbons (Fsp3) is 0.471. The maximum absolute atomic E-state index is 12.5. The van der Waals surface area contributed by atoms with E-state index >= 15 is 0 Å². The third kappa shape index (κ3) is 2.86. The van der Waals surface area contributed by atoms with Crippen molar-refractivity contribution in [2.24, 2.45) is 0 Å². The Bertz CT molecular complexity index is 615. The van der Waals surface area contributed by atoms with Crippen LogP contribution in [0.5, 0.6) is 0 Å². The van der Waals surface area contributed by atoms with Gasteiger partial charge in [-0.25, -0.2) is 0 Å². The van der Waals surface area contributed by atoms with Crippen LogP contribution in [0.2, 0.25) is 0 Å². The summed E-state index contributed by atoms with van der Waals surface area (Å²) in [5.74, 6) is -0.944. The van der Waals surface area contributed by atoms with Gasteiger partial charge in [0.25, 0.3) is 11.8 Å². The second kappa shape index (κ2) is 6.12. The summed E-state index contributed by atoms with van der Waals surface area (Å²) in [7, 11) is 3.83. The molecule has 1 aromatic carbocycles. The lowest BCUT2D eigenvalue weighted by Crippen LogP contribution is -2.48. The fourth-order valence-corrected chi connectivity index (χ4v) is 3.22. The van der Waals surface area contributed by atoms with Crippen LogP contribution in [0, 0.1) is 0 Å². The van der Waals surface area contributed by atoms with Crippen LogP contribution in [0.3, 0.4) is 0 Å². The van der Waals surface area contributed by atoms with Crippen molar-refractivity contribution in [2.75, 3.05) is 33.7 Å². The number of likely N-dealkylation sites (tertiary alicyclic amines) is 1. The van der Waals surface area contributed by atoms with Gasteiger partial charge in [-0.1, -0.05) is 12.1 Å². The Kier molecular flexibility index (Phi) is 4.17. The number of imide groups is 1. The van der Waals surface area contributed by atoms with Crippen molar-refractivity contribution in [3.8, 4) is 0 Å². The Balaban J connectivity index is 1.67. The van der Waals surface area contributed by atoms with Crippen molar-refractivity contribution in [2.45, 2.75) is 18.9 Å². The number of rotatable bonds is 3. The molecule has 0 unspecified atom stereocenters. The number of piperidine rings is 1. The van der Waals surface area contributed by atoms with Crippen molar-refractivity contribution in [3.05, 3.63) is 35.4 Å². The summed E-state index contributed by atoms with van der Waals surface area (Å²) < 4.78 is 0. The molecule has 0 atom stereocenters. The van der Waals surface area contributed by atoms with Crippen molar-refractivity contribution in [3.63, 3.8) is 0 Å². The van der Waals surface area contributed by atoms with Crippen molar-refractivity contribution in [1.29, 1.82) is 0 Å². The van der Waals surface area contributed by atoms with Crippen LogP contribution in [0.1, 0.15) is 33.6 Å². The molecule has 2 aliphatic heterocycles. The molecule has 0 radical (unpaired) electrons. The van der Waals surface area contributed by atoms with Crippen LogP contribution in [-0.2, 0) is 4.79 Å². The zero-order chi connectivity index (χ0) is 16.6. The summed E-state index contributed by atoms with van der Waals surface area (Å²) in [5.41, 5.74) is 0.763. The second-order valence-corrected chi connectivity index (χ2v) is 6.28. The first-order chi connectivity index (χ1) is 11.0. The van der Waals surface area contributed by atoms with Crippen molar-refractivity contribution < 1.29 is 14.4 Å². The Hall–Kier alpha value is -2.21. The van der Waals surface area contributed by atoms with Gasteiger partial charge < -0.3 is 9.80 Å². The molecular formula is C17H21N3O3. The Labute approximate surface area is 135 Å². The molecule has 2 heterocycles. The maximum atomic E-state index is 12.5. The molecule has 1 saturated heterocycles. The lowest BCUT2D eigenvalue weighted by atomic mass is 10.0. The number of carbonyl (C=O) groups is 3. The summed E-state index contributed by atoms with van der Waals surface area (Å²) in [5, 5.41) is 0. The van der Waals surface area contributed by atoms with E-state index in [9.17, 15) is 14.4 Å². The number of amides is 3. The highest BCUT2D eigenvalue weighted by molar-refractivity contribution is 6.22. The largest absolute Gasteiger partial charge is 0.341 e. The molecule has 0 spiro atoms. The van der Waals surface area contributed by atoms with Gasteiger partial charge in [0, 0.05) is 13.1 Å². The summed E-state index contributed by atoms with van der Waals surface area (Å²) in [6, 6.07) is 6.87. The van der Waals surface area contributed by atoms with Crippen LogP contribution in [0.4, 0.5) is 0 Å². The van der Waals surface area contributed by atoms with E-state index in [1.807, 2.05) is 0 Å². The minimum absolute atomic E-state index is 0.175. The summed E-state index contributed by atoms with van der Waals surface area (Å²) in [6.45, 7) is 1.72. The molecule has 2 aliphatic rings. The van der Waals surface area contributed by atoms with Gasteiger partial charge in [0.1, 0.15) is 6.54 Å². The highest BCUT2D eigenvalue weighted by Gasteiger charge is 2.37. The third-order valence-electron chi connectivity index (χ3n) is 4.80. The number of hydrogen-bond acceptors (Lipinski definition) is 4. The lowest BCUT2D eigenvalue weighted by Gasteiger charge is -2.35. The summed E-state index contributed by atoms with van der Waals surface area (Å²) >= 11 is 0. The van der Waals surface area contributed by atoms with Crippen LogP contribution in [0.25, 0.3) is 0 Å². The summed E-state index contributed by atoms with van der Waals surface area (Å²) in [6.07, 6.45) is 1.84. The van der Waals surface area contributed by atoms with E-state index in [1.54, 1.807) is 36.2 Å². The molecule has 1 fully saturated rings. The molecule has 23 heavy (non-hydrogen) atoms. The highest BCUT2D eigenvalue weighted by Crippen LogP contribution is 2.23. The average molecular weight is 315 g/mol. The first-order valence-corrected chi connectivity index (χ1v) is 7.88. The third-order valence-corrected chi connectivity index (χ3v) is 4.80. The fourth-order valence-electron chi connectivity index (χ4n) is 3.22. The van der Waals surface area contributed by atoms with Gasteiger partial charge >= 0.3 is 0 Å². The van der Waals surface area contributed by atoms with Crippen LogP contribution < -0.4 is 0 Å². The first kappa shape index (κ1) is 15.7. The number of likely N-dealkylation sites (N-methyl/N-ethyl adjacent to an activating group) is 1. The SMILES string of the molecule is CN1CCC(N(C)C(=O)CN2C(=O)c3ccccc3C2=O)CC1. The highest BCUT2D eigenvalue weighted by atomic mass is 16.2. The molecule has 0 bridgehead atoms.